The molecule has 0 saturated heterocycles. The van der Waals surface area contributed by atoms with Gasteiger partial charge in [0.25, 0.3) is 0 Å². The number of hydrogen-bond acceptors (Lipinski definition) is 4. The molecule has 0 radical (unpaired) electrons. The second-order valence-electron chi connectivity index (χ2n) is 4.82. The van der Waals surface area contributed by atoms with E-state index in [-0.39, 0.29) is 0 Å². The van der Waals surface area contributed by atoms with E-state index in [1.165, 1.54) is 11.8 Å². The van der Waals surface area contributed by atoms with Gasteiger partial charge < -0.3 is 15.2 Å². The zero-order valence-electron chi connectivity index (χ0n) is 12.9. The molecule has 2 aromatic rings. The number of carbonyl (C=O) groups is 1. The van der Waals surface area contributed by atoms with Gasteiger partial charge in [0.15, 0.2) is 0 Å². The van der Waals surface area contributed by atoms with Crippen molar-refractivity contribution in [2.75, 3.05) is 13.2 Å². The van der Waals surface area contributed by atoms with Crippen molar-refractivity contribution in [3.05, 3.63) is 59.7 Å². The van der Waals surface area contributed by atoms with Gasteiger partial charge in [-0.3, -0.25) is 0 Å². The van der Waals surface area contributed by atoms with Crippen molar-refractivity contribution in [2.24, 2.45) is 10.8 Å². The molecule has 0 aliphatic rings. The summed E-state index contributed by atoms with van der Waals surface area (Å²) >= 11 is 0. The van der Waals surface area contributed by atoms with Gasteiger partial charge in [0, 0.05) is 0 Å². The molecule has 3 N–H and O–H groups in total. The molecule has 0 unspecified atom stereocenters. The zero-order valence-corrected chi connectivity index (χ0v) is 12.9. The fourth-order valence-electron chi connectivity index (χ4n) is 1.81. The molecule has 0 aliphatic carbocycles. The monoisotopic (exact) mass is 313 g/mol. The first kappa shape index (κ1) is 16.4. The molecule has 0 saturated carbocycles. The molecule has 0 fully saturated rings. The third-order valence-electron chi connectivity index (χ3n) is 2.89. The van der Waals surface area contributed by atoms with Crippen molar-refractivity contribution in [1.29, 1.82) is 0 Å². The second-order valence-corrected chi connectivity index (χ2v) is 4.82. The largest absolute Gasteiger partial charge is 0.490 e. The maximum absolute atomic E-state index is 10.5. The van der Waals surface area contributed by atoms with Gasteiger partial charge in [0.1, 0.15) is 24.7 Å². The standard InChI is InChI=1S/C17H19N3O3/c1-13-5-7-15(8-6-13)22-9-10-23-16-4-2-3-14(11-16)12-19-20-17(18)21/h2-8,11-12H,9-10H2,1H3,(H3,18,20,21)/b19-12-. The van der Waals surface area contributed by atoms with Crippen molar-refractivity contribution in [3.8, 4) is 11.5 Å². The highest BCUT2D eigenvalue weighted by molar-refractivity contribution is 5.81. The molecule has 0 atom stereocenters. The number of nitrogens with two attached hydrogens (primary N) is 1. The molecule has 0 aliphatic heterocycles. The summed E-state index contributed by atoms with van der Waals surface area (Å²) in [6, 6.07) is 14.5. The van der Waals surface area contributed by atoms with Crippen LogP contribution in [0.15, 0.2) is 53.6 Å². The minimum atomic E-state index is -0.707. The van der Waals surface area contributed by atoms with Crippen LogP contribution >= 0.6 is 0 Å². The first-order chi connectivity index (χ1) is 11.1. The van der Waals surface area contributed by atoms with Crippen molar-refractivity contribution in [3.63, 3.8) is 0 Å². The van der Waals surface area contributed by atoms with E-state index in [0.29, 0.717) is 19.0 Å². The number of nitrogens with one attached hydrogen (secondary N) is 1. The van der Waals surface area contributed by atoms with Crippen molar-refractivity contribution in [1.82, 2.24) is 5.43 Å². The summed E-state index contributed by atoms with van der Waals surface area (Å²) in [5, 5.41) is 3.70. The quantitative estimate of drug-likeness (QED) is 0.468. The smallest absolute Gasteiger partial charge is 0.332 e. The SMILES string of the molecule is Cc1ccc(OCCOc2cccc(/C=N\NC(N)=O)c2)cc1. The lowest BCUT2D eigenvalue weighted by atomic mass is 10.2. The molecule has 2 amide bonds. The Labute approximate surface area is 134 Å². The van der Waals surface area contributed by atoms with Crippen molar-refractivity contribution < 1.29 is 14.3 Å². The summed E-state index contributed by atoms with van der Waals surface area (Å²) in [7, 11) is 0. The van der Waals surface area contributed by atoms with Crippen LogP contribution in [0.2, 0.25) is 0 Å². The topological polar surface area (TPSA) is 85.9 Å². The van der Waals surface area contributed by atoms with Crippen LogP contribution in [0.1, 0.15) is 11.1 Å². The molecule has 0 heterocycles. The van der Waals surface area contributed by atoms with Gasteiger partial charge in [-0.2, -0.15) is 5.10 Å². The van der Waals surface area contributed by atoms with E-state index in [4.69, 9.17) is 15.2 Å². The third-order valence-corrected chi connectivity index (χ3v) is 2.89. The maximum atomic E-state index is 10.5. The fourth-order valence-corrected chi connectivity index (χ4v) is 1.81. The molecular weight excluding hydrogens is 294 g/mol. The van der Waals surface area contributed by atoms with E-state index in [1.54, 1.807) is 6.07 Å². The Hall–Kier alpha value is -3.02. The normalized spacial score (nSPS) is 10.5. The molecule has 23 heavy (non-hydrogen) atoms. The van der Waals surface area contributed by atoms with E-state index < -0.39 is 6.03 Å². The van der Waals surface area contributed by atoms with E-state index in [9.17, 15) is 4.79 Å². The Morgan fingerprint density at radius 2 is 1.83 bits per heavy atom. The summed E-state index contributed by atoms with van der Waals surface area (Å²) in [6.45, 7) is 2.90. The number of hydrogen-bond donors (Lipinski definition) is 2. The van der Waals surface area contributed by atoms with Gasteiger partial charge in [-0.1, -0.05) is 29.8 Å². The molecule has 6 heteroatoms. The fraction of sp³-hybridized carbons (Fsp3) is 0.176. The van der Waals surface area contributed by atoms with Crippen molar-refractivity contribution >= 4 is 12.2 Å². The van der Waals surface area contributed by atoms with Crippen LogP contribution in [0.3, 0.4) is 0 Å². The van der Waals surface area contributed by atoms with Crippen LogP contribution < -0.4 is 20.6 Å². The number of benzene rings is 2. The summed E-state index contributed by atoms with van der Waals surface area (Å²) in [6.07, 6.45) is 1.49. The average molecular weight is 313 g/mol. The van der Waals surface area contributed by atoms with Gasteiger partial charge in [-0.15, -0.1) is 0 Å². The molecule has 0 spiro atoms. The predicted molar refractivity (Wildman–Crippen MR) is 88.9 cm³/mol. The van der Waals surface area contributed by atoms with E-state index in [2.05, 4.69) is 10.5 Å². The van der Waals surface area contributed by atoms with E-state index >= 15 is 0 Å². The van der Waals surface area contributed by atoms with Crippen LogP contribution in [0.25, 0.3) is 0 Å². The number of ether oxygens (including phenoxy) is 2. The molecule has 120 valence electrons. The lowest BCUT2D eigenvalue weighted by molar-refractivity contribution is 0.217. The summed E-state index contributed by atoms with van der Waals surface area (Å²) in [5.41, 5.74) is 9.04. The second kappa shape index (κ2) is 8.43. The molecule has 0 bridgehead atoms. The number of primary amides is 1. The number of rotatable bonds is 7. The number of nitrogens with zero attached hydrogens (tertiary/aromatic N) is 1. The number of aryl methyl sites for hydroxylation is 1. The van der Waals surface area contributed by atoms with Crippen LogP contribution in [0.4, 0.5) is 4.79 Å². The van der Waals surface area contributed by atoms with Gasteiger partial charge in [-0.25, -0.2) is 10.2 Å². The zero-order chi connectivity index (χ0) is 16.5. The molecule has 6 nitrogen and oxygen atoms in total. The Bertz CT molecular complexity index is 669. The summed E-state index contributed by atoms with van der Waals surface area (Å²) < 4.78 is 11.2. The van der Waals surface area contributed by atoms with Gasteiger partial charge in [0.05, 0.1) is 6.21 Å². The maximum Gasteiger partial charge on any atom is 0.332 e. The first-order valence-electron chi connectivity index (χ1n) is 7.14. The van der Waals surface area contributed by atoms with E-state index in [1.807, 2.05) is 49.4 Å². The minimum absolute atomic E-state index is 0.425. The van der Waals surface area contributed by atoms with Gasteiger partial charge >= 0.3 is 6.03 Å². The first-order valence-corrected chi connectivity index (χ1v) is 7.14. The molecule has 2 aromatic carbocycles. The number of amides is 2. The third kappa shape index (κ3) is 6.09. The Morgan fingerprint density at radius 3 is 2.52 bits per heavy atom. The highest BCUT2D eigenvalue weighted by Crippen LogP contribution is 2.13. The summed E-state index contributed by atoms with van der Waals surface area (Å²) in [4.78, 5) is 10.5. The van der Waals surface area contributed by atoms with Gasteiger partial charge in [0.2, 0.25) is 0 Å². The van der Waals surface area contributed by atoms with Gasteiger partial charge in [-0.05, 0) is 36.8 Å². The molecule has 0 aromatic heterocycles. The van der Waals surface area contributed by atoms with Crippen LogP contribution in [-0.4, -0.2) is 25.5 Å². The Kier molecular flexibility index (Phi) is 5.99. The van der Waals surface area contributed by atoms with Crippen molar-refractivity contribution in [2.45, 2.75) is 6.92 Å². The highest BCUT2D eigenvalue weighted by Gasteiger charge is 1.97. The lowest BCUT2D eigenvalue weighted by Gasteiger charge is -2.09. The number of urea groups is 1. The van der Waals surface area contributed by atoms with E-state index in [0.717, 1.165) is 11.3 Å². The van der Waals surface area contributed by atoms with Crippen LogP contribution in [-0.2, 0) is 0 Å². The minimum Gasteiger partial charge on any atom is -0.490 e. The predicted octanol–water partition coefficient (Wildman–Crippen LogP) is 2.46. The average Bonchev–Trinajstić information content (AvgIpc) is 2.53. The number of hydrazone groups is 1. The van der Waals surface area contributed by atoms with Crippen LogP contribution in [0, 0.1) is 6.92 Å². The Balaban J connectivity index is 1.78. The van der Waals surface area contributed by atoms with Crippen LogP contribution in [0.5, 0.6) is 11.5 Å². The number of carbonyl (C=O) groups excluding carboxylic acids is 1. The lowest BCUT2D eigenvalue weighted by Crippen LogP contribution is -2.24. The highest BCUT2D eigenvalue weighted by atomic mass is 16.5. The Morgan fingerprint density at radius 1 is 1.13 bits per heavy atom. The summed E-state index contributed by atoms with van der Waals surface area (Å²) in [5.74, 6) is 1.51. The molecular formula is C17H19N3O3. The molecule has 2 rings (SSSR count).